The van der Waals surface area contributed by atoms with E-state index in [2.05, 4.69) is 5.32 Å². The molecule has 0 atom stereocenters. The summed E-state index contributed by atoms with van der Waals surface area (Å²) in [5.41, 5.74) is -1.16. The van der Waals surface area contributed by atoms with Gasteiger partial charge >= 0.3 is 17.7 Å². The first kappa shape index (κ1) is 17.4. The number of carbonyl (C=O) groups excluding carboxylic acids is 2. The lowest BCUT2D eigenvalue weighted by molar-refractivity contribution is -0.385. The van der Waals surface area contributed by atoms with Crippen LogP contribution in [-0.2, 0) is 9.53 Å². The molecule has 0 saturated carbocycles. The molecular weight excluding hydrogens is 292 g/mol. The molecule has 1 aromatic carbocycles. The van der Waals surface area contributed by atoms with E-state index in [9.17, 15) is 19.7 Å². The monoisotopic (exact) mass is 310 g/mol. The molecule has 0 heterocycles. The maximum absolute atomic E-state index is 11.8. The van der Waals surface area contributed by atoms with E-state index < -0.39 is 28.3 Å². The number of nitro benzene ring substituents is 1. The zero-order valence-electron chi connectivity index (χ0n) is 12.8. The van der Waals surface area contributed by atoms with E-state index >= 15 is 0 Å². The van der Waals surface area contributed by atoms with E-state index in [4.69, 9.17) is 9.47 Å². The molecule has 0 unspecified atom stereocenters. The molecule has 0 aliphatic heterocycles. The largest absolute Gasteiger partial charge is 0.444 e. The normalized spacial score (nSPS) is 10.7. The smallest absolute Gasteiger partial charge is 0.412 e. The van der Waals surface area contributed by atoms with E-state index in [1.807, 2.05) is 0 Å². The minimum atomic E-state index is -0.804. The van der Waals surface area contributed by atoms with E-state index in [0.717, 1.165) is 0 Å². The number of para-hydroxylation sites is 1. The van der Waals surface area contributed by atoms with Gasteiger partial charge in [0.25, 0.3) is 0 Å². The van der Waals surface area contributed by atoms with Crippen LogP contribution in [0.15, 0.2) is 18.2 Å². The highest BCUT2D eigenvalue weighted by atomic mass is 16.6. The fourth-order valence-corrected chi connectivity index (χ4v) is 1.47. The molecule has 1 N–H and O–H groups in total. The van der Waals surface area contributed by atoms with Gasteiger partial charge in [-0.2, -0.15) is 0 Å². The average Bonchev–Trinajstić information content (AvgIpc) is 2.37. The number of ether oxygens (including phenoxy) is 2. The molecule has 8 heteroatoms. The van der Waals surface area contributed by atoms with Gasteiger partial charge in [0.2, 0.25) is 5.75 Å². The van der Waals surface area contributed by atoms with Crippen LogP contribution in [0.3, 0.4) is 0 Å². The van der Waals surface area contributed by atoms with Crippen molar-refractivity contribution in [3.8, 4) is 5.75 Å². The summed E-state index contributed by atoms with van der Waals surface area (Å²) in [6.45, 7) is 6.59. The Morgan fingerprint density at radius 2 is 1.95 bits per heavy atom. The molecule has 0 aromatic heterocycles. The van der Waals surface area contributed by atoms with Crippen molar-refractivity contribution in [2.45, 2.75) is 39.7 Å². The first-order valence-electron chi connectivity index (χ1n) is 6.62. The molecular formula is C14H18N2O6. The second kappa shape index (κ2) is 6.88. The van der Waals surface area contributed by atoms with Crippen molar-refractivity contribution in [3.63, 3.8) is 0 Å². The summed E-state index contributed by atoms with van der Waals surface area (Å²) in [5.74, 6) is -0.966. The number of esters is 1. The van der Waals surface area contributed by atoms with Gasteiger partial charge in [-0.05, 0) is 26.8 Å². The number of benzene rings is 1. The Kier molecular flexibility index (Phi) is 5.44. The molecule has 1 amide bonds. The summed E-state index contributed by atoms with van der Waals surface area (Å²) in [6.07, 6.45) is -0.764. The van der Waals surface area contributed by atoms with Gasteiger partial charge in [0.05, 0.1) is 10.6 Å². The first-order chi connectivity index (χ1) is 10.1. The van der Waals surface area contributed by atoms with E-state index in [1.54, 1.807) is 27.7 Å². The number of nitrogens with zero attached hydrogens (tertiary/aromatic N) is 1. The molecule has 0 fully saturated rings. The second-order valence-electron chi connectivity index (χ2n) is 5.37. The summed E-state index contributed by atoms with van der Waals surface area (Å²) in [7, 11) is 0. The highest BCUT2D eigenvalue weighted by molar-refractivity contribution is 5.89. The zero-order valence-corrected chi connectivity index (χ0v) is 12.8. The molecule has 1 aromatic rings. The Morgan fingerprint density at radius 1 is 1.32 bits per heavy atom. The van der Waals surface area contributed by atoms with Crippen LogP contribution in [0.5, 0.6) is 5.75 Å². The van der Waals surface area contributed by atoms with Crippen molar-refractivity contribution in [2.24, 2.45) is 0 Å². The quantitative estimate of drug-likeness (QED) is 0.396. The Labute approximate surface area is 127 Å². The van der Waals surface area contributed by atoms with Gasteiger partial charge in [-0.25, -0.2) is 4.79 Å². The number of amides is 1. The van der Waals surface area contributed by atoms with Crippen LogP contribution in [0.1, 0.15) is 34.1 Å². The molecule has 120 valence electrons. The predicted molar refractivity (Wildman–Crippen MR) is 78.9 cm³/mol. The molecule has 0 spiro atoms. The summed E-state index contributed by atoms with van der Waals surface area (Å²) >= 11 is 0. The van der Waals surface area contributed by atoms with Crippen molar-refractivity contribution >= 4 is 23.4 Å². The highest BCUT2D eigenvalue weighted by Crippen LogP contribution is 2.35. The van der Waals surface area contributed by atoms with Crippen molar-refractivity contribution in [2.75, 3.05) is 5.32 Å². The van der Waals surface area contributed by atoms with Crippen LogP contribution in [0.4, 0.5) is 16.2 Å². The van der Waals surface area contributed by atoms with Crippen LogP contribution >= 0.6 is 0 Å². The summed E-state index contributed by atoms with van der Waals surface area (Å²) < 4.78 is 10.0. The third kappa shape index (κ3) is 5.04. The van der Waals surface area contributed by atoms with Crippen LogP contribution in [0, 0.1) is 10.1 Å². The van der Waals surface area contributed by atoms with Crippen molar-refractivity contribution in [1.29, 1.82) is 0 Å². The lowest BCUT2D eigenvalue weighted by Gasteiger charge is -2.20. The van der Waals surface area contributed by atoms with Crippen LogP contribution < -0.4 is 10.1 Å². The third-order valence-corrected chi connectivity index (χ3v) is 2.33. The lowest BCUT2D eigenvalue weighted by atomic mass is 10.2. The van der Waals surface area contributed by atoms with Crippen molar-refractivity contribution in [3.05, 3.63) is 28.3 Å². The van der Waals surface area contributed by atoms with Gasteiger partial charge in [-0.1, -0.05) is 13.0 Å². The Balaban J connectivity index is 3.12. The maximum atomic E-state index is 11.8. The van der Waals surface area contributed by atoms with Crippen molar-refractivity contribution in [1.82, 2.24) is 0 Å². The Hall–Kier alpha value is -2.64. The average molecular weight is 310 g/mol. The second-order valence-corrected chi connectivity index (χ2v) is 5.37. The number of anilines is 1. The first-order valence-corrected chi connectivity index (χ1v) is 6.62. The molecule has 8 nitrogen and oxygen atoms in total. The van der Waals surface area contributed by atoms with Gasteiger partial charge < -0.3 is 9.47 Å². The third-order valence-electron chi connectivity index (χ3n) is 2.33. The SMILES string of the molecule is CCC(=O)Oc1c(NC(=O)OC(C)(C)C)cccc1[N+](=O)[O-]. The van der Waals surface area contributed by atoms with E-state index in [1.165, 1.54) is 18.2 Å². The highest BCUT2D eigenvalue weighted by Gasteiger charge is 2.24. The molecule has 1 rings (SSSR count). The number of rotatable bonds is 4. The molecule has 0 aliphatic carbocycles. The van der Waals surface area contributed by atoms with E-state index in [0.29, 0.717) is 0 Å². The minimum Gasteiger partial charge on any atom is -0.444 e. The van der Waals surface area contributed by atoms with Gasteiger partial charge in [-0.3, -0.25) is 20.2 Å². The van der Waals surface area contributed by atoms with Crippen LogP contribution in [-0.4, -0.2) is 22.6 Å². The molecule has 0 saturated heterocycles. The van der Waals surface area contributed by atoms with Gasteiger partial charge in [0.1, 0.15) is 5.60 Å². The molecule has 0 bridgehead atoms. The molecule has 22 heavy (non-hydrogen) atoms. The molecule has 0 aliphatic rings. The summed E-state index contributed by atoms with van der Waals surface area (Å²) in [4.78, 5) is 33.5. The lowest BCUT2D eigenvalue weighted by Crippen LogP contribution is -2.27. The minimum absolute atomic E-state index is 0.00903. The number of hydrogen-bond donors (Lipinski definition) is 1. The van der Waals surface area contributed by atoms with Crippen LogP contribution in [0.25, 0.3) is 0 Å². The zero-order chi connectivity index (χ0) is 16.9. The fourth-order valence-electron chi connectivity index (χ4n) is 1.47. The summed E-state index contributed by atoms with van der Waals surface area (Å²) in [6, 6.07) is 3.93. The number of carbonyl (C=O) groups is 2. The number of nitrogens with one attached hydrogen (secondary N) is 1. The Morgan fingerprint density at radius 3 is 2.45 bits per heavy atom. The Bertz CT molecular complexity index is 591. The maximum Gasteiger partial charge on any atom is 0.412 e. The van der Waals surface area contributed by atoms with Crippen LogP contribution in [0.2, 0.25) is 0 Å². The number of hydrogen-bond acceptors (Lipinski definition) is 6. The standard InChI is InChI=1S/C14H18N2O6/c1-5-11(17)21-12-9(7-6-8-10(12)16(19)20)15-13(18)22-14(2,3)4/h6-8H,5H2,1-4H3,(H,15,18). The predicted octanol–water partition coefficient (Wildman–Crippen LogP) is 3.26. The molecule has 0 radical (unpaired) electrons. The topological polar surface area (TPSA) is 108 Å². The fraction of sp³-hybridized carbons (Fsp3) is 0.429. The van der Waals surface area contributed by atoms with Gasteiger partial charge in [0.15, 0.2) is 0 Å². The van der Waals surface area contributed by atoms with Crippen molar-refractivity contribution < 1.29 is 24.0 Å². The number of nitro groups is 1. The summed E-state index contributed by atoms with van der Waals surface area (Å²) in [5, 5.41) is 13.4. The van der Waals surface area contributed by atoms with E-state index in [-0.39, 0.29) is 17.9 Å². The van der Waals surface area contributed by atoms with Gasteiger partial charge in [0, 0.05) is 12.5 Å². The van der Waals surface area contributed by atoms with Gasteiger partial charge in [-0.15, -0.1) is 0 Å².